The minimum atomic E-state index is -0.606. The van der Waals surface area contributed by atoms with Crippen molar-refractivity contribution >= 4 is 23.6 Å². The second-order valence-corrected chi connectivity index (χ2v) is 13.2. The highest BCUT2D eigenvalue weighted by Crippen LogP contribution is 2.40. The Kier molecular flexibility index (Phi) is 12.6. The summed E-state index contributed by atoms with van der Waals surface area (Å²) in [7, 11) is 0. The van der Waals surface area contributed by atoms with Crippen LogP contribution in [0.3, 0.4) is 0 Å². The van der Waals surface area contributed by atoms with E-state index in [2.05, 4.69) is 26.9 Å². The number of thioether (sulfide) groups is 1. The van der Waals surface area contributed by atoms with Crippen LogP contribution in [-0.2, 0) is 32.2 Å². The van der Waals surface area contributed by atoms with E-state index in [1.807, 2.05) is 97.1 Å². The van der Waals surface area contributed by atoms with E-state index < -0.39 is 12.2 Å². The Bertz CT molecular complexity index is 1870. The summed E-state index contributed by atoms with van der Waals surface area (Å²) in [6, 6.07) is 33.7. The molecule has 6 rings (SSSR count). The Labute approximate surface area is 300 Å². The number of aliphatic hydroxyl groups excluding tert-OH is 1. The van der Waals surface area contributed by atoms with Crippen molar-refractivity contribution in [2.24, 2.45) is 0 Å². The van der Waals surface area contributed by atoms with E-state index in [4.69, 9.17) is 14.7 Å². The molecule has 0 bridgehead atoms. The van der Waals surface area contributed by atoms with Crippen molar-refractivity contribution in [3.63, 3.8) is 0 Å². The number of tetrazole rings is 1. The van der Waals surface area contributed by atoms with Crippen LogP contribution in [0.1, 0.15) is 66.8 Å². The Balaban J connectivity index is 1.11. The molecule has 4 N–H and O–H groups in total. The van der Waals surface area contributed by atoms with Gasteiger partial charge in [0.05, 0.1) is 24.5 Å². The maximum absolute atomic E-state index is 12.3. The average molecular weight is 709 g/mol. The van der Waals surface area contributed by atoms with Crippen LogP contribution in [0, 0.1) is 0 Å². The second-order valence-electron chi connectivity index (χ2n) is 12.2. The number of benzene rings is 4. The summed E-state index contributed by atoms with van der Waals surface area (Å²) in [6.07, 6.45) is 1.22. The third-order valence-corrected chi connectivity index (χ3v) is 9.62. The van der Waals surface area contributed by atoms with Crippen molar-refractivity contribution in [1.82, 2.24) is 31.0 Å². The van der Waals surface area contributed by atoms with Crippen LogP contribution in [-0.4, -0.2) is 54.2 Å². The van der Waals surface area contributed by atoms with Crippen LogP contribution in [0.15, 0.2) is 108 Å². The lowest BCUT2D eigenvalue weighted by atomic mass is 9.99. The number of aliphatic hydroxyl groups is 1. The van der Waals surface area contributed by atoms with Crippen LogP contribution < -0.4 is 10.8 Å². The van der Waals surface area contributed by atoms with Crippen molar-refractivity contribution < 1.29 is 29.4 Å². The van der Waals surface area contributed by atoms with Gasteiger partial charge in [-0.3, -0.25) is 14.8 Å². The highest BCUT2D eigenvalue weighted by molar-refractivity contribution is 7.99. The summed E-state index contributed by atoms with van der Waals surface area (Å²) in [5.74, 6) is 0.0725. The number of ether oxygens (including phenoxy) is 2. The first-order valence-corrected chi connectivity index (χ1v) is 17.8. The number of nitrogens with one attached hydrogen (secondary N) is 2. The number of rotatable bonds is 15. The van der Waals surface area contributed by atoms with Gasteiger partial charge in [0, 0.05) is 37.1 Å². The van der Waals surface area contributed by atoms with Gasteiger partial charge >= 0.3 is 0 Å². The van der Waals surface area contributed by atoms with E-state index in [-0.39, 0.29) is 31.1 Å². The molecule has 1 aromatic heterocycles. The molecule has 5 aromatic rings. The summed E-state index contributed by atoms with van der Waals surface area (Å²) >= 11 is 1.53. The van der Waals surface area contributed by atoms with Crippen LogP contribution in [0.4, 0.5) is 0 Å². The number of hydrogen-bond acceptors (Lipinski definition) is 10. The molecule has 1 aliphatic rings. The third-order valence-electron chi connectivity index (χ3n) is 8.57. The van der Waals surface area contributed by atoms with E-state index in [0.717, 1.165) is 39.1 Å². The van der Waals surface area contributed by atoms with Gasteiger partial charge in [-0.15, -0.1) is 5.10 Å². The van der Waals surface area contributed by atoms with Gasteiger partial charge in [0.15, 0.2) is 6.29 Å². The van der Waals surface area contributed by atoms with Gasteiger partial charge in [-0.05, 0) is 69.3 Å². The Hall–Kier alpha value is -4.92. The maximum Gasteiger partial charge on any atom is 0.243 e. The highest BCUT2D eigenvalue weighted by Gasteiger charge is 2.32. The van der Waals surface area contributed by atoms with Crippen LogP contribution in [0.25, 0.3) is 16.8 Å². The first-order chi connectivity index (χ1) is 25.0. The smallest absolute Gasteiger partial charge is 0.243 e. The van der Waals surface area contributed by atoms with E-state index in [1.54, 1.807) is 10.2 Å². The summed E-state index contributed by atoms with van der Waals surface area (Å²) in [5, 5.41) is 34.1. The Morgan fingerprint density at radius 3 is 2.31 bits per heavy atom. The molecule has 1 saturated heterocycles. The number of unbranched alkanes of at least 4 members (excludes halogenated alkanes) is 1. The highest BCUT2D eigenvalue weighted by atomic mass is 32.2. The fraction of sp³-hybridized carbons (Fsp3) is 0.289. The zero-order valence-electron chi connectivity index (χ0n) is 27.9. The van der Waals surface area contributed by atoms with Gasteiger partial charge in [-0.1, -0.05) is 96.7 Å². The summed E-state index contributed by atoms with van der Waals surface area (Å²) in [6.45, 7) is 0.370. The van der Waals surface area contributed by atoms with Gasteiger partial charge in [-0.2, -0.15) is 4.68 Å². The molecule has 51 heavy (non-hydrogen) atoms. The number of nitrogens with zero attached hydrogens (tertiary/aromatic N) is 4. The molecule has 2 amide bonds. The van der Waals surface area contributed by atoms with Crippen molar-refractivity contribution in [2.45, 2.75) is 68.9 Å². The van der Waals surface area contributed by atoms with Gasteiger partial charge < -0.3 is 19.9 Å². The predicted octanol–water partition coefficient (Wildman–Crippen LogP) is 5.84. The first kappa shape index (κ1) is 35.9. The molecule has 1 fully saturated rings. The lowest BCUT2D eigenvalue weighted by Gasteiger charge is -2.36. The predicted molar refractivity (Wildman–Crippen MR) is 190 cm³/mol. The molecule has 1 aliphatic heterocycles. The summed E-state index contributed by atoms with van der Waals surface area (Å²) in [4.78, 5) is 23.4. The van der Waals surface area contributed by atoms with Crippen molar-refractivity contribution in [3.05, 3.63) is 125 Å². The fourth-order valence-corrected chi connectivity index (χ4v) is 6.71. The van der Waals surface area contributed by atoms with E-state index >= 15 is 0 Å². The monoisotopic (exact) mass is 708 g/mol. The number of hydrogen-bond donors (Lipinski definition) is 4. The molecule has 264 valence electrons. The minimum Gasteiger partial charge on any atom is -0.392 e. The zero-order valence-corrected chi connectivity index (χ0v) is 28.7. The van der Waals surface area contributed by atoms with Gasteiger partial charge in [0.1, 0.15) is 0 Å². The third kappa shape index (κ3) is 9.87. The number of hydroxylamine groups is 1. The molecule has 0 saturated carbocycles. The lowest BCUT2D eigenvalue weighted by molar-refractivity contribution is -0.245. The van der Waals surface area contributed by atoms with E-state index in [1.165, 1.54) is 11.8 Å². The Morgan fingerprint density at radius 1 is 0.824 bits per heavy atom. The van der Waals surface area contributed by atoms with Crippen LogP contribution >= 0.6 is 11.8 Å². The molecule has 3 unspecified atom stereocenters. The fourth-order valence-electron chi connectivity index (χ4n) is 5.80. The van der Waals surface area contributed by atoms with Crippen molar-refractivity contribution in [1.29, 1.82) is 0 Å². The largest absolute Gasteiger partial charge is 0.392 e. The quantitative estimate of drug-likeness (QED) is 0.0450. The second kappa shape index (κ2) is 17.8. The molecule has 3 atom stereocenters. The molecule has 13 heteroatoms. The van der Waals surface area contributed by atoms with Gasteiger partial charge in [-0.25, -0.2) is 5.48 Å². The normalized spacial score (nSPS) is 17.2. The SMILES string of the molecule is O=C(CCCCC(=O)NCc1cccc(-c2ccc(C3OC(CSc4nnnn4-c4ccccc4)CC(c4ccc(CO)cc4)O3)cc2)c1)NO. The molecule has 12 nitrogen and oxygen atoms in total. The first-order valence-electron chi connectivity index (χ1n) is 16.8. The summed E-state index contributed by atoms with van der Waals surface area (Å²) < 4.78 is 14.8. The number of amides is 2. The van der Waals surface area contributed by atoms with Crippen LogP contribution in [0.5, 0.6) is 0 Å². The lowest BCUT2D eigenvalue weighted by Crippen LogP contribution is -2.31. The van der Waals surface area contributed by atoms with Crippen molar-refractivity contribution in [3.8, 4) is 16.8 Å². The molecule has 2 heterocycles. The van der Waals surface area contributed by atoms with Crippen LogP contribution in [0.2, 0.25) is 0 Å². The van der Waals surface area contributed by atoms with E-state index in [9.17, 15) is 14.7 Å². The number of carbonyl (C=O) groups is 2. The summed E-state index contributed by atoms with van der Waals surface area (Å²) in [5.41, 5.74) is 8.22. The molecule has 0 spiro atoms. The molecule has 0 radical (unpaired) electrons. The van der Waals surface area contributed by atoms with E-state index in [0.29, 0.717) is 43.1 Å². The topological polar surface area (TPSA) is 161 Å². The molecular weight excluding hydrogens is 669 g/mol. The number of carbonyl (C=O) groups excluding carboxylic acids is 2. The number of para-hydroxylation sites is 1. The van der Waals surface area contributed by atoms with Gasteiger partial charge in [0.25, 0.3) is 0 Å². The maximum atomic E-state index is 12.3. The molecule has 0 aliphatic carbocycles. The van der Waals surface area contributed by atoms with Crippen molar-refractivity contribution in [2.75, 3.05) is 5.75 Å². The standard InChI is InChI=1S/C38H40N6O6S/c45-24-26-13-15-29(16-14-26)34-22-33(25-51-38-40-42-43-44(38)32-9-2-1-3-10-32)49-37(50-34)30-19-17-28(18-20-30)31-8-6-7-27(21-31)23-39-35(46)11-4-5-12-36(47)41-48/h1-3,6-10,13-21,33-34,37,45,48H,4-5,11-12,22-25H2,(H,39,46)(H,41,47). The molecule has 4 aromatic carbocycles. The number of aromatic nitrogens is 4. The Morgan fingerprint density at radius 2 is 1.57 bits per heavy atom. The van der Waals surface area contributed by atoms with Gasteiger partial charge in [0.2, 0.25) is 17.0 Å². The zero-order chi connectivity index (χ0) is 35.4. The minimum absolute atomic E-state index is 0.0219. The molecular formula is C38H40N6O6S. The average Bonchev–Trinajstić information content (AvgIpc) is 3.67.